The van der Waals surface area contributed by atoms with Crippen molar-refractivity contribution < 1.29 is 32.3 Å². The van der Waals surface area contributed by atoms with E-state index >= 15 is 0 Å². The van der Waals surface area contributed by atoms with Gasteiger partial charge in [-0.3, -0.25) is 14.4 Å². The number of primary amides is 1. The van der Waals surface area contributed by atoms with Gasteiger partial charge in [0.1, 0.15) is 5.75 Å². The third-order valence-corrected chi connectivity index (χ3v) is 7.53. The Bertz CT molecular complexity index is 1460. The largest absolute Gasteiger partial charge is 0.573 e. The molecule has 12 heteroatoms. The number of thiophene rings is 2. The predicted molar refractivity (Wildman–Crippen MR) is 142 cm³/mol. The molecule has 4 aromatic rings. The summed E-state index contributed by atoms with van der Waals surface area (Å²) < 4.78 is 43.7. The van der Waals surface area contributed by atoms with Crippen molar-refractivity contribution in [3.63, 3.8) is 0 Å². The molecule has 39 heavy (non-hydrogen) atoms. The number of hydrogen-bond acceptors (Lipinski definition) is 6. The first kappa shape index (κ1) is 28.1. The Kier molecular flexibility index (Phi) is 8.56. The molecule has 0 aliphatic heterocycles. The number of carbonyl (C=O) groups is 3. The van der Waals surface area contributed by atoms with Crippen molar-refractivity contribution in [2.45, 2.75) is 32.8 Å². The van der Waals surface area contributed by atoms with Crippen molar-refractivity contribution >= 4 is 40.3 Å². The van der Waals surface area contributed by atoms with E-state index < -0.39 is 23.8 Å². The summed E-state index contributed by atoms with van der Waals surface area (Å²) in [5.41, 5.74) is 7.37. The van der Waals surface area contributed by atoms with Gasteiger partial charge < -0.3 is 19.9 Å². The molecule has 0 spiro atoms. The van der Waals surface area contributed by atoms with Crippen LogP contribution in [0.25, 0.3) is 0 Å². The molecule has 4 rings (SSSR count). The molecule has 7 nitrogen and oxygen atoms in total. The minimum Gasteiger partial charge on any atom is -0.406 e. The van der Waals surface area contributed by atoms with Crippen molar-refractivity contribution in [2.24, 2.45) is 5.73 Å². The second kappa shape index (κ2) is 11.9. The zero-order valence-corrected chi connectivity index (χ0v) is 22.4. The number of rotatable bonds is 11. The van der Waals surface area contributed by atoms with Gasteiger partial charge in [-0.1, -0.05) is 18.2 Å². The molecule has 2 amide bonds. The lowest BCUT2D eigenvalue weighted by Gasteiger charge is -2.22. The van der Waals surface area contributed by atoms with E-state index in [1.807, 2.05) is 34.3 Å². The molecule has 3 heterocycles. The molecule has 0 bridgehead atoms. The van der Waals surface area contributed by atoms with Crippen molar-refractivity contribution in [3.8, 4) is 5.75 Å². The normalized spacial score (nSPS) is 11.4. The van der Waals surface area contributed by atoms with E-state index in [1.165, 1.54) is 56.4 Å². The predicted octanol–water partition coefficient (Wildman–Crippen LogP) is 5.42. The fourth-order valence-electron chi connectivity index (χ4n) is 4.11. The minimum atomic E-state index is -4.86. The molecule has 2 N–H and O–H groups in total. The number of benzene rings is 1. The molecule has 3 aromatic heterocycles. The van der Waals surface area contributed by atoms with E-state index in [4.69, 9.17) is 5.73 Å². The lowest BCUT2D eigenvalue weighted by Crippen LogP contribution is -2.36. The summed E-state index contributed by atoms with van der Waals surface area (Å²) >= 11 is 2.93. The highest BCUT2D eigenvalue weighted by molar-refractivity contribution is 7.09. The molecule has 0 radical (unpaired) electrons. The van der Waals surface area contributed by atoms with Crippen LogP contribution in [0.1, 0.15) is 42.5 Å². The fraction of sp³-hybridized carbons (Fsp3) is 0.222. The first-order valence-corrected chi connectivity index (χ1v) is 13.5. The number of nitrogens with two attached hydrogens (primary N) is 1. The summed E-state index contributed by atoms with van der Waals surface area (Å²) in [6, 6.07) is 12.3. The second-order valence-corrected chi connectivity index (χ2v) is 10.5. The summed E-state index contributed by atoms with van der Waals surface area (Å²) in [7, 11) is 0. The van der Waals surface area contributed by atoms with Gasteiger partial charge in [-0.2, -0.15) is 11.3 Å². The number of ketones is 1. The summed E-state index contributed by atoms with van der Waals surface area (Å²) in [6.45, 7) is 1.53. The van der Waals surface area contributed by atoms with Crippen LogP contribution in [0.4, 0.5) is 13.2 Å². The maximum Gasteiger partial charge on any atom is 0.573 e. The monoisotopic (exact) mass is 575 g/mol. The quantitative estimate of drug-likeness (QED) is 0.242. The van der Waals surface area contributed by atoms with Gasteiger partial charge >= 0.3 is 6.36 Å². The average Bonchev–Trinajstić information content (AvgIpc) is 3.61. The number of Topliss-reactive ketones (excluding diaryl/α,β-unsaturated/α-hetero) is 1. The molecule has 0 atom stereocenters. The summed E-state index contributed by atoms with van der Waals surface area (Å²) in [5.74, 6) is -1.84. The Morgan fingerprint density at radius 2 is 1.85 bits per heavy atom. The van der Waals surface area contributed by atoms with Crippen LogP contribution < -0.4 is 10.5 Å². The minimum absolute atomic E-state index is 0.0248. The topological polar surface area (TPSA) is 94.6 Å². The summed E-state index contributed by atoms with van der Waals surface area (Å²) in [4.78, 5) is 41.3. The van der Waals surface area contributed by atoms with Gasteiger partial charge in [0.05, 0.1) is 30.8 Å². The van der Waals surface area contributed by atoms with Crippen molar-refractivity contribution in [2.75, 3.05) is 6.54 Å². The zero-order chi connectivity index (χ0) is 28.2. The number of hydrogen-bond donors (Lipinski definition) is 1. The van der Waals surface area contributed by atoms with Crippen LogP contribution in [0.2, 0.25) is 0 Å². The molecule has 0 aliphatic carbocycles. The average molecular weight is 576 g/mol. The highest BCUT2D eigenvalue weighted by atomic mass is 32.1. The Morgan fingerprint density at radius 3 is 2.49 bits per heavy atom. The third kappa shape index (κ3) is 7.36. The molecular formula is C27H24F3N3O4S2. The molecule has 0 saturated heterocycles. The number of aromatic nitrogens is 1. The van der Waals surface area contributed by atoms with E-state index in [0.717, 1.165) is 10.4 Å². The first-order chi connectivity index (χ1) is 18.5. The van der Waals surface area contributed by atoms with Gasteiger partial charge in [0.2, 0.25) is 5.91 Å². The number of alkyl halides is 3. The van der Waals surface area contributed by atoms with E-state index in [0.29, 0.717) is 11.3 Å². The van der Waals surface area contributed by atoms with Crippen LogP contribution in [-0.2, 0) is 24.3 Å². The van der Waals surface area contributed by atoms with Crippen molar-refractivity contribution in [3.05, 3.63) is 97.6 Å². The Morgan fingerprint density at radius 1 is 1.05 bits per heavy atom. The number of halogens is 3. The lowest BCUT2D eigenvalue weighted by atomic mass is 10.1. The van der Waals surface area contributed by atoms with E-state index in [1.54, 1.807) is 13.0 Å². The molecule has 0 unspecified atom stereocenters. The number of amides is 2. The maximum absolute atomic E-state index is 13.6. The van der Waals surface area contributed by atoms with Crippen LogP contribution in [0.3, 0.4) is 0 Å². The molecule has 0 aliphatic rings. The molecule has 0 fully saturated rings. The van der Waals surface area contributed by atoms with Crippen LogP contribution in [0, 0.1) is 6.92 Å². The number of nitrogens with zero attached hydrogens (tertiary/aromatic N) is 2. The van der Waals surface area contributed by atoms with Gasteiger partial charge in [0.25, 0.3) is 5.91 Å². The maximum atomic E-state index is 13.6. The van der Waals surface area contributed by atoms with E-state index in [-0.39, 0.29) is 43.2 Å². The highest BCUT2D eigenvalue weighted by Crippen LogP contribution is 2.25. The van der Waals surface area contributed by atoms with Gasteiger partial charge in [0.15, 0.2) is 5.78 Å². The smallest absolute Gasteiger partial charge is 0.406 e. The van der Waals surface area contributed by atoms with Gasteiger partial charge in [-0.25, -0.2) is 0 Å². The van der Waals surface area contributed by atoms with Crippen LogP contribution in [0.5, 0.6) is 5.75 Å². The van der Waals surface area contributed by atoms with Crippen LogP contribution in [-0.4, -0.2) is 40.0 Å². The van der Waals surface area contributed by atoms with Crippen LogP contribution >= 0.6 is 22.7 Å². The van der Waals surface area contributed by atoms with E-state index in [9.17, 15) is 27.6 Å². The zero-order valence-electron chi connectivity index (χ0n) is 20.7. The molecule has 204 valence electrons. The number of ether oxygens (including phenoxy) is 1. The fourth-order valence-corrected chi connectivity index (χ4v) is 5.50. The van der Waals surface area contributed by atoms with E-state index in [2.05, 4.69) is 4.74 Å². The Labute approximate surface area is 230 Å². The SMILES string of the molecule is Cc1c(C(N)=O)cc(C(=O)CN(Cc2cccs2)C(=O)Cc2ccsc2)n1Cc1cccc(OC(F)(F)F)c1. The van der Waals surface area contributed by atoms with Gasteiger partial charge in [-0.15, -0.1) is 24.5 Å². The van der Waals surface area contributed by atoms with Crippen LogP contribution in [0.15, 0.2) is 64.7 Å². The molecular weight excluding hydrogens is 551 g/mol. The summed E-state index contributed by atoms with van der Waals surface area (Å²) in [5, 5.41) is 5.61. The summed E-state index contributed by atoms with van der Waals surface area (Å²) in [6.07, 6.45) is -4.73. The third-order valence-electron chi connectivity index (χ3n) is 5.94. The number of carbonyl (C=O) groups excluding carboxylic acids is 3. The first-order valence-electron chi connectivity index (χ1n) is 11.7. The standard InChI is InChI=1S/C27H24F3N3O4S2/c1-17-22(26(31)36)12-23(33(17)13-18-4-2-5-20(10-18)37-27(28,29)30)24(34)15-32(14-21-6-3-8-39-21)25(35)11-19-7-9-38-16-19/h2-10,12,16H,11,13-15H2,1H3,(H2,31,36). The Balaban J connectivity index is 1.63. The molecule has 1 aromatic carbocycles. The Hall–Kier alpha value is -3.90. The molecule has 0 saturated carbocycles. The van der Waals surface area contributed by atoms with Gasteiger partial charge in [0, 0.05) is 17.1 Å². The highest BCUT2D eigenvalue weighted by Gasteiger charge is 2.31. The van der Waals surface area contributed by atoms with Crippen molar-refractivity contribution in [1.29, 1.82) is 0 Å². The lowest BCUT2D eigenvalue weighted by molar-refractivity contribution is -0.274. The second-order valence-electron chi connectivity index (χ2n) is 8.73. The van der Waals surface area contributed by atoms with Gasteiger partial charge in [-0.05, 0) is 64.5 Å². The van der Waals surface area contributed by atoms with Crippen molar-refractivity contribution in [1.82, 2.24) is 9.47 Å².